The number of nitrogens with zero attached hydrogens (tertiary/aromatic N) is 2. The zero-order chi connectivity index (χ0) is 15.6. The number of hydrogen-bond donors (Lipinski definition) is 1. The van der Waals surface area contributed by atoms with E-state index in [1.807, 2.05) is 31.3 Å². The maximum absolute atomic E-state index is 11.3. The van der Waals surface area contributed by atoms with Crippen molar-refractivity contribution in [1.82, 2.24) is 4.98 Å². The Morgan fingerprint density at radius 3 is 2.57 bits per heavy atom. The topological polar surface area (TPSA) is 53.4 Å². The van der Waals surface area contributed by atoms with Crippen LogP contribution in [0, 0.1) is 5.92 Å². The Morgan fingerprint density at radius 2 is 1.95 bits per heavy atom. The van der Waals surface area contributed by atoms with Gasteiger partial charge in [0.15, 0.2) is 5.69 Å². The number of pyridine rings is 1. The number of aromatic carboxylic acids is 1. The van der Waals surface area contributed by atoms with Crippen LogP contribution in [0.2, 0.25) is 0 Å². The first kappa shape index (κ1) is 15.3. The first-order chi connectivity index (χ1) is 9.90. The largest absolute Gasteiger partial charge is 0.477 e. The molecule has 0 saturated carbocycles. The van der Waals surface area contributed by atoms with Gasteiger partial charge in [-0.25, -0.2) is 9.78 Å². The summed E-state index contributed by atoms with van der Waals surface area (Å²) in [5, 5.41) is 11.1. The highest BCUT2D eigenvalue weighted by molar-refractivity contribution is 5.98. The lowest BCUT2D eigenvalue weighted by Gasteiger charge is -2.28. The smallest absolute Gasteiger partial charge is 0.354 e. The summed E-state index contributed by atoms with van der Waals surface area (Å²) in [5.74, 6) is 0.321. The molecular formula is C17H22N2O2. The molecule has 0 aliphatic rings. The maximum Gasteiger partial charge on any atom is 0.354 e. The van der Waals surface area contributed by atoms with Gasteiger partial charge in [-0.2, -0.15) is 0 Å². The highest BCUT2D eigenvalue weighted by Crippen LogP contribution is 2.27. The molecule has 2 aromatic rings. The number of anilines is 1. The van der Waals surface area contributed by atoms with Gasteiger partial charge in [0.2, 0.25) is 0 Å². The standard InChI is InChI=1S/C17H22N2O2/c1-11(2)9-12(3)19(4)16-14-8-6-5-7-13(14)10-15(18-16)17(20)21/h5-8,10-12H,9H2,1-4H3,(H,20,21). The Labute approximate surface area is 125 Å². The van der Waals surface area contributed by atoms with Gasteiger partial charge in [0.05, 0.1) is 0 Å². The fraction of sp³-hybridized carbons (Fsp3) is 0.412. The molecule has 0 spiro atoms. The van der Waals surface area contributed by atoms with Gasteiger partial charge >= 0.3 is 5.97 Å². The monoisotopic (exact) mass is 286 g/mol. The van der Waals surface area contributed by atoms with Gasteiger partial charge in [-0.1, -0.05) is 38.1 Å². The molecule has 1 unspecified atom stereocenters. The van der Waals surface area contributed by atoms with Crippen molar-refractivity contribution in [2.45, 2.75) is 33.2 Å². The van der Waals surface area contributed by atoms with Crippen LogP contribution in [0.15, 0.2) is 30.3 Å². The molecule has 1 aromatic carbocycles. The Balaban J connectivity index is 2.52. The fourth-order valence-corrected chi connectivity index (χ4v) is 2.61. The summed E-state index contributed by atoms with van der Waals surface area (Å²) in [6.07, 6.45) is 1.03. The minimum Gasteiger partial charge on any atom is -0.477 e. The molecule has 21 heavy (non-hydrogen) atoms. The molecule has 0 aliphatic heterocycles. The summed E-state index contributed by atoms with van der Waals surface area (Å²) >= 11 is 0. The van der Waals surface area contributed by atoms with Gasteiger partial charge in [0.25, 0.3) is 0 Å². The molecular weight excluding hydrogens is 264 g/mol. The predicted octanol–water partition coefficient (Wildman–Crippen LogP) is 3.80. The second-order valence-electron chi connectivity index (χ2n) is 5.95. The molecule has 1 N–H and O–H groups in total. The molecule has 0 fully saturated rings. The van der Waals surface area contributed by atoms with Crippen LogP contribution in [0.1, 0.15) is 37.7 Å². The Hall–Kier alpha value is -2.10. The van der Waals surface area contributed by atoms with Crippen LogP contribution in [0.5, 0.6) is 0 Å². The summed E-state index contributed by atoms with van der Waals surface area (Å²) in [4.78, 5) is 17.7. The molecule has 0 aliphatic carbocycles. The fourth-order valence-electron chi connectivity index (χ4n) is 2.61. The highest BCUT2D eigenvalue weighted by atomic mass is 16.4. The molecule has 112 valence electrons. The van der Waals surface area contributed by atoms with Crippen molar-refractivity contribution in [3.63, 3.8) is 0 Å². The van der Waals surface area contributed by atoms with Gasteiger partial charge in [-0.15, -0.1) is 0 Å². The van der Waals surface area contributed by atoms with Gasteiger partial charge in [-0.3, -0.25) is 0 Å². The van der Waals surface area contributed by atoms with E-state index < -0.39 is 5.97 Å². The van der Waals surface area contributed by atoms with E-state index in [-0.39, 0.29) is 5.69 Å². The molecule has 1 aromatic heterocycles. The molecule has 0 amide bonds. The van der Waals surface area contributed by atoms with Crippen LogP contribution in [0.4, 0.5) is 5.82 Å². The first-order valence-corrected chi connectivity index (χ1v) is 7.26. The molecule has 0 radical (unpaired) electrons. The highest BCUT2D eigenvalue weighted by Gasteiger charge is 2.18. The number of carboxylic acid groups (broad SMARTS) is 1. The normalized spacial score (nSPS) is 12.6. The number of benzene rings is 1. The second-order valence-corrected chi connectivity index (χ2v) is 5.95. The van der Waals surface area contributed by atoms with Crippen molar-refractivity contribution < 1.29 is 9.90 Å². The van der Waals surface area contributed by atoms with Crippen molar-refractivity contribution in [1.29, 1.82) is 0 Å². The Kier molecular flexibility index (Phi) is 4.46. The van der Waals surface area contributed by atoms with Gasteiger partial charge < -0.3 is 10.0 Å². The summed E-state index contributed by atoms with van der Waals surface area (Å²) < 4.78 is 0. The van der Waals surface area contributed by atoms with Crippen LogP contribution in [0.3, 0.4) is 0 Å². The van der Waals surface area contributed by atoms with Crippen molar-refractivity contribution in [2.75, 3.05) is 11.9 Å². The zero-order valence-electron chi connectivity index (χ0n) is 13.0. The van der Waals surface area contributed by atoms with Crippen molar-refractivity contribution in [3.05, 3.63) is 36.0 Å². The number of rotatable bonds is 5. The van der Waals surface area contributed by atoms with Gasteiger partial charge in [0, 0.05) is 18.5 Å². The first-order valence-electron chi connectivity index (χ1n) is 7.26. The zero-order valence-corrected chi connectivity index (χ0v) is 13.0. The lowest BCUT2D eigenvalue weighted by Crippen LogP contribution is -2.31. The molecule has 1 atom stereocenters. The second kappa shape index (κ2) is 6.12. The number of carbonyl (C=O) groups is 1. The predicted molar refractivity (Wildman–Crippen MR) is 86.0 cm³/mol. The summed E-state index contributed by atoms with van der Waals surface area (Å²) in [6, 6.07) is 9.70. The quantitative estimate of drug-likeness (QED) is 0.908. The van der Waals surface area contributed by atoms with Crippen LogP contribution in [-0.4, -0.2) is 29.1 Å². The van der Waals surface area contributed by atoms with E-state index in [2.05, 4.69) is 30.7 Å². The molecule has 0 saturated heterocycles. The number of hydrogen-bond acceptors (Lipinski definition) is 3. The molecule has 0 bridgehead atoms. The molecule has 1 heterocycles. The lowest BCUT2D eigenvalue weighted by molar-refractivity contribution is 0.0691. The van der Waals surface area contributed by atoms with Crippen molar-refractivity contribution >= 4 is 22.6 Å². The van der Waals surface area contributed by atoms with E-state index in [4.69, 9.17) is 0 Å². The van der Waals surface area contributed by atoms with Crippen LogP contribution < -0.4 is 4.90 Å². The van der Waals surface area contributed by atoms with E-state index in [9.17, 15) is 9.90 Å². The molecule has 4 heteroatoms. The number of aromatic nitrogens is 1. The molecule has 2 rings (SSSR count). The van der Waals surface area contributed by atoms with E-state index in [0.717, 1.165) is 23.0 Å². The summed E-state index contributed by atoms with van der Waals surface area (Å²) in [6.45, 7) is 6.51. The maximum atomic E-state index is 11.3. The third kappa shape index (κ3) is 3.32. The van der Waals surface area contributed by atoms with Crippen LogP contribution in [0.25, 0.3) is 10.8 Å². The van der Waals surface area contributed by atoms with Crippen molar-refractivity contribution in [3.8, 4) is 0 Å². The van der Waals surface area contributed by atoms with Gasteiger partial charge in [0.1, 0.15) is 5.82 Å². The average Bonchev–Trinajstić information content (AvgIpc) is 2.44. The lowest BCUT2D eigenvalue weighted by atomic mass is 10.0. The summed E-state index contributed by atoms with van der Waals surface area (Å²) in [5.41, 5.74) is 0.0901. The van der Waals surface area contributed by atoms with E-state index in [1.165, 1.54) is 0 Å². The Morgan fingerprint density at radius 1 is 1.29 bits per heavy atom. The van der Waals surface area contributed by atoms with Crippen molar-refractivity contribution in [2.24, 2.45) is 5.92 Å². The number of fused-ring (bicyclic) bond motifs is 1. The Bertz CT molecular complexity index is 652. The average molecular weight is 286 g/mol. The van der Waals surface area contributed by atoms with Crippen LogP contribution in [-0.2, 0) is 0 Å². The SMILES string of the molecule is CC(C)CC(C)N(C)c1nc(C(=O)O)cc2ccccc12. The van der Waals surface area contributed by atoms with Crippen LogP contribution >= 0.6 is 0 Å². The van der Waals surface area contributed by atoms with Gasteiger partial charge in [-0.05, 0) is 30.7 Å². The van der Waals surface area contributed by atoms with E-state index >= 15 is 0 Å². The van der Waals surface area contributed by atoms with E-state index in [1.54, 1.807) is 6.07 Å². The number of carboxylic acids is 1. The van der Waals surface area contributed by atoms with E-state index in [0.29, 0.717) is 12.0 Å². The third-order valence-corrected chi connectivity index (χ3v) is 3.75. The third-order valence-electron chi connectivity index (χ3n) is 3.75. The summed E-state index contributed by atoms with van der Waals surface area (Å²) in [7, 11) is 1.98. The minimum absolute atomic E-state index is 0.0901. The molecule has 4 nitrogen and oxygen atoms in total. The minimum atomic E-state index is -0.994.